The predicted octanol–water partition coefficient (Wildman–Crippen LogP) is 2.59. The van der Waals surface area contributed by atoms with Crippen LogP contribution in [0.5, 0.6) is 0 Å². The Morgan fingerprint density at radius 2 is 2.08 bits per heavy atom. The van der Waals surface area contributed by atoms with Gasteiger partial charge >= 0.3 is 5.97 Å². The SMILES string of the molecule is COC(=O)[C@H]1Cc2ccccc2CN1C(=O)/C=C\c1cnc(C)s1. The maximum atomic E-state index is 12.6. The largest absolute Gasteiger partial charge is 0.467 e. The first kappa shape index (κ1) is 16.4. The Labute approximate surface area is 144 Å². The molecule has 0 bridgehead atoms. The number of rotatable bonds is 3. The Hall–Kier alpha value is -2.47. The van der Waals surface area contributed by atoms with Crippen molar-refractivity contribution in [2.75, 3.05) is 7.11 Å². The number of thiazole rings is 1. The third-order valence-corrected chi connectivity index (χ3v) is 4.91. The van der Waals surface area contributed by atoms with E-state index in [2.05, 4.69) is 4.98 Å². The minimum absolute atomic E-state index is 0.203. The molecule has 124 valence electrons. The van der Waals surface area contributed by atoms with Crippen LogP contribution < -0.4 is 0 Å². The highest BCUT2D eigenvalue weighted by molar-refractivity contribution is 7.12. The molecule has 0 spiro atoms. The zero-order valence-corrected chi connectivity index (χ0v) is 14.4. The van der Waals surface area contributed by atoms with Crippen molar-refractivity contribution in [1.82, 2.24) is 9.88 Å². The van der Waals surface area contributed by atoms with Crippen LogP contribution in [0.4, 0.5) is 0 Å². The van der Waals surface area contributed by atoms with Crippen LogP contribution in [0.1, 0.15) is 21.0 Å². The molecule has 0 saturated heterocycles. The van der Waals surface area contributed by atoms with Gasteiger partial charge in [-0.15, -0.1) is 11.3 Å². The molecule has 6 heteroatoms. The topological polar surface area (TPSA) is 59.5 Å². The molecule has 1 aliphatic rings. The van der Waals surface area contributed by atoms with Crippen molar-refractivity contribution >= 4 is 29.3 Å². The zero-order valence-electron chi connectivity index (χ0n) is 13.6. The van der Waals surface area contributed by atoms with Crippen molar-refractivity contribution in [2.45, 2.75) is 25.9 Å². The summed E-state index contributed by atoms with van der Waals surface area (Å²) in [5.74, 6) is -0.592. The number of ether oxygens (including phenoxy) is 1. The molecule has 1 aromatic carbocycles. The van der Waals surface area contributed by atoms with Gasteiger partial charge in [0.15, 0.2) is 0 Å². The number of esters is 1. The minimum Gasteiger partial charge on any atom is -0.467 e. The molecule has 1 aromatic heterocycles. The Balaban J connectivity index is 1.84. The lowest BCUT2D eigenvalue weighted by atomic mass is 9.94. The maximum Gasteiger partial charge on any atom is 0.328 e. The third kappa shape index (κ3) is 3.38. The van der Waals surface area contributed by atoms with E-state index in [-0.39, 0.29) is 11.9 Å². The molecule has 2 aromatic rings. The molecule has 0 saturated carbocycles. The highest BCUT2D eigenvalue weighted by Gasteiger charge is 2.34. The summed E-state index contributed by atoms with van der Waals surface area (Å²) in [6.45, 7) is 2.32. The third-order valence-electron chi connectivity index (χ3n) is 4.03. The highest BCUT2D eigenvalue weighted by atomic mass is 32.1. The standard InChI is InChI=1S/C18H18N2O3S/c1-12-19-10-15(24-12)7-8-17(21)20-11-14-6-4-3-5-13(14)9-16(20)18(22)23-2/h3-8,10,16H,9,11H2,1-2H3/b8-7-/t16-/m1/s1. The second kappa shape index (κ2) is 6.97. The first-order valence-corrected chi connectivity index (χ1v) is 8.46. The van der Waals surface area contributed by atoms with Crippen molar-refractivity contribution in [3.05, 3.63) is 57.6 Å². The van der Waals surface area contributed by atoms with Crippen molar-refractivity contribution in [2.24, 2.45) is 0 Å². The number of nitrogens with zero attached hydrogens (tertiary/aromatic N) is 2. The second-order valence-corrected chi connectivity index (χ2v) is 6.86. The monoisotopic (exact) mass is 342 g/mol. The Bertz CT molecular complexity index is 797. The molecule has 0 N–H and O–H groups in total. The molecule has 0 unspecified atom stereocenters. The average molecular weight is 342 g/mol. The van der Waals surface area contributed by atoms with Crippen LogP contribution in [-0.4, -0.2) is 34.9 Å². The van der Waals surface area contributed by atoms with E-state index in [9.17, 15) is 9.59 Å². The molecule has 1 aliphatic heterocycles. The van der Waals surface area contributed by atoms with E-state index < -0.39 is 6.04 Å². The van der Waals surface area contributed by atoms with Gasteiger partial charge in [0.05, 0.1) is 12.1 Å². The lowest BCUT2D eigenvalue weighted by Gasteiger charge is -2.34. The molecule has 0 radical (unpaired) electrons. The van der Waals surface area contributed by atoms with Crippen LogP contribution in [0.15, 0.2) is 36.5 Å². The fraction of sp³-hybridized carbons (Fsp3) is 0.278. The molecule has 2 heterocycles. The number of methoxy groups -OCH3 is 1. The van der Waals surface area contributed by atoms with Crippen molar-refractivity contribution in [1.29, 1.82) is 0 Å². The smallest absolute Gasteiger partial charge is 0.328 e. The number of amides is 1. The normalized spacial score (nSPS) is 16.9. The van der Waals surface area contributed by atoms with Gasteiger partial charge in [0.1, 0.15) is 6.04 Å². The first-order chi connectivity index (χ1) is 11.6. The van der Waals surface area contributed by atoms with Gasteiger partial charge in [-0.2, -0.15) is 0 Å². The average Bonchev–Trinajstić information content (AvgIpc) is 3.03. The van der Waals surface area contributed by atoms with Crippen LogP contribution in [-0.2, 0) is 27.3 Å². The quantitative estimate of drug-likeness (QED) is 0.635. The van der Waals surface area contributed by atoms with Gasteiger partial charge in [-0.3, -0.25) is 4.79 Å². The van der Waals surface area contributed by atoms with E-state index >= 15 is 0 Å². The zero-order chi connectivity index (χ0) is 17.1. The Morgan fingerprint density at radius 1 is 1.33 bits per heavy atom. The fourth-order valence-electron chi connectivity index (χ4n) is 2.81. The van der Waals surface area contributed by atoms with Crippen LogP contribution in [0, 0.1) is 6.92 Å². The van der Waals surface area contributed by atoms with Crippen molar-refractivity contribution in [3.8, 4) is 0 Å². The number of hydrogen-bond acceptors (Lipinski definition) is 5. The number of hydrogen-bond donors (Lipinski definition) is 0. The van der Waals surface area contributed by atoms with Gasteiger partial charge in [-0.1, -0.05) is 24.3 Å². The molecular weight excluding hydrogens is 324 g/mol. The van der Waals surface area contributed by atoms with E-state index in [4.69, 9.17) is 4.74 Å². The molecule has 0 aliphatic carbocycles. The van der Waals surface area contributed by atoms with E-state index in [1.165, 1.54) is 24.5 Å². The number of benzene rings is 1. The lowest BCUT2D eigenvalue weighted by molar-refractivity contribution is -0.152. The first-order valence-electron chi connectivity index (χ1n) is 7.64. The number of aryl methyl sites for hydroxylation is 1. The summed E-state index contributed by atoms with van der Waals surface area (Å²) >= 11 is 1.52. The van der Waals surface area contributed by atoms with Crippen LogP contribution >= 0.6 is 11.3 Å². The second-order valence-electron chi connectivity index (χ2n) is 5.59. The van der Waals surface area contributed by atoms with Crippen LogP contribution in [0.3, 0.4) is 0 Å². The minimum atomic E-state index is -0.592. The van der Waals surface area contributed by atoms with Gasteiger partial charge in [-0.05, 0) is 24.1 Å². The molecule has 3 rings (SSSR count). The highest BCUT2D eigenvalue weighted by Crippen LogP contribution is 2.24. The molecular formula is C18H18N2O3S. The van der Waals surface area contributed by atoms with Gasteiger partial charge in [0, 0.05) is 30.1 Å². The summed E-state index contributed by atoms with van der Waals surface area (Å²) in [6.07, 6.45) is 5.44. The molecule has 1 atom stereocenters. The van der Waals surface area contributed by atoms with Gasteiger partial charge < -0.3 is 9.64 Å². The summed E-state index contributed by atoms with van der Waals surface area (Å²) in [4.78, 5) is 31.4. The number of carbonyl (C=O) groups is 2. The summed E-state index contributed by atoms with van der Waals surface area (Å²) in [6, 6.07) is 7.26. The van der Waals surface area contributed by atoms with E-state index in [0.717, 1.165) is 21.0 Å². The number of fused-ring (bicyclic) bond motifs is 1. The van der Waals surface area contributed by atoms with Gasteiger partial charge in [0.2, 0.25) is 5.91 Å². The predicted molar refractivity (Wildman–Crippen MR) is 92.4 cm³/mol. The lowest BCUT2D eigenvalue weighted by Crippen LogP contribution is -2.48. The van der Waals surface area contributed by atoms with Gasteiger partial charge in [0.25, 0.3) is 0 Å². The van der Waals surface area contributed by atoms with E-state index in [1.54, 1.807) is 17.2 Å². The summed E-state index contributed by atoms with van der Waals surface area (Å²) < 4.78 is 4.89. The molecule has 1 amide bonds. The van der Waals surface area contributed by atoms with Crippen LogP contribution in [0.25, 0.3) is 6.08 Å². The van der Waals surface area contributed by atoms with E-state index in [0.29, 0.717) is 13.0 Å². The van der Waals surface area contributed by atoms with Crippen molar-refractivity contribution in [3.63, 3.8) is 0 Å². The summed E-state index contributed by atoms with van der Waals surface area (Å²) in [5.41, 5.74) is 2.15. The summed E-state index contributed by atoms with van der Waals surface area (Å²) in [7, 11) is 1.35. The number of aromatic nitrogens is 1. The van der Waals surface area contributed by atoms with Crippen LogP contribution in [0.2, 0.25) is 0 Å². The number of carbonyl (C=O) groups excluding carboxylic acids is 2. The summed E-state index contributed by atoms with van der Waals surface area (Å²) in [5, 5.41) is 0.946. The molecule has 5 nitrogen and oxygen atoms in total. The maximum absolute atomic E-state index is 12.6. The van der Waals surface area contributed by atoms with E-state index in [1.807, 2.05) is 31.2 Å². The fourth-order valence-corrected chi connectivity index (χ4v) is 3.49. The van der Waals surface area contributed by atoms with Gasteiger partial charge in [-0.25, -0.2) is 9.78 Å². The molecule has 0 fully saturated rings. The van der Waals surface area contributed by atoms with Crippen molar-refractivity contribution < 1.29 is 14.3 Å². The molecule has 24 heavy (non-hydrogen) atoms. The Morgan fingerprint density at radius 3 is 2.75 bits per heavy atom. The Kier molecular flexibility index (Phi) is 4.76.